The van der Waals surface area contributed by atoms with Crippen molar-refractivity contribution in [2.45, 2.75) is 56.9 Å². The number of nitrogens with zero attached hydrogens (tertiary/aromatic N) is 2. The van der Waals surface area contributed by atoms with E-state index in [2.05, 4.69) is 86.9 Å². The summed E-state index contributed by atoms with van der Waals surface area (Å²) in [6, 6.07) is 41.3. The van der Waals surface area contributed by atoms with E-state index >= 15 is 4.57 Å². The van der Waals surface area contributed by atoms with Crippen LogP contribution < -0.4 is 5.09 Å². The van der Waals surface area contributed by atoms with Gasteiger partial charge in [0.05, 0.1) is 0 Å². The van der Waals surface area contributed by atoms with Crippen LogP contribution in [0.1, 0.15) is 54.0 Å². The van der Waals surface area contributed by atoms with Crippen LogP contribution in [-0.2, 0) is 17.7 Å². The molecule has 4 aromatic rings. The van der Waals surface area contributed by atoms with Gasteiger partial charge in [0.2, 0.25) is 0 Å². The first-order chi connectivity index (χ1) is 19.7. The molecular weight excluding hydrogens is 509 g/mol. The van der Waals surface area contributed by atoms with Crippen molar-refractivity contribution in [3.8, 4) is 11.8 Å². The Morgan fingerprint density at radius 1 is 0.675 bits per heavy atom. The first-order valence-electron chi connectivity index (χ1n) is 14.3. The van der Waals surface area contributed by atoms with Crippen molar-refractivity contribution in [1.82, 2.24) is 14.4 Å². The molecule has 2 fully saturated rings. The maximum atomic E-state index is 15.7. The molecule has 1 heterocycles. The van der Waals surface area contributed by atoms with Gasteiger partial charge in [0.1, 0.15) is 6.04 Å². The Morgan fingerprint density at radius 3 is 1.62 bits per heavy atom. The summed E-state index contributed by atoms with van der Waals surface area (Å²) < 4.78 is 20.3. The van der Waals surface area contributed by atoms with Gasteiger partial charge in [-0.05, 0) is 41.7 Å². The summed E-state index contributed by atoms with van der Waals surface area (Å²) in [6.07, 6.45) is 4.45. The van der Waals surface area contributed by atoms with Crippen molar-refractivity contribution >= 4 is 7.59 Å². The van der Waals surface area contributed by atoms with E-state index in [-0.39, 0.29) is 18.1 Å². The number of nitrogens with one attached hydrogen (secondary N) is 1. The molecule has 5 heteroatoms. The Labute approximate surface area is 238 Å². The standard InChI is InChI=1S/C35H36N3OP/c39-40(36-33(32-21-11-4-12-22-32)26-25-29-15-5-1-6-16-29)37(27-30-17-7-2-8-18-30)34-23-13-14-24-35(34)38(40)28-31-19-9-3-10-20-31/h1-12,15-22,33-35H,13-14,23-24,27-28H2,(H,36,39)/t33-,34-,35-/m1/s1. The topological polar surface area (TPSA) is 35.6 Å². The van der Waals surface area contributed by atoms with Gasteiger partial charge in [-0.15, -0.1) is 0 Å². The number of hydrogen-bond donors (Lipinski definition) is 1. The molecule has 40 heavy (non-hydrogen) atoms. The minimum absolute atomic E-state index is 0.231. The normalized spacial score (nSPS) is 21.2. The molecule has 0 unspecified atom stereocenters. The highest BCUT2D eigenvalue weighted by atomic mass is 31.2. The maximum Gasteiger partial charge on any atom is 0.286 e. The molecule has 202 valence electrons. The van der Waals surface area contributed by atoms with Crippen LogP contribution in [0.3, 0.4) is 0 Å². The molecule has 0 spiro atoms. The highest BCUT2D eigenvalue weighted by Crippen LogP contribution is 2.63. The van der Waals surface area contributed by atoms with E-state index < -0.39 is 7.59 Å². The van der Waals surface area contributed by atoms with E-state index in [1.807, 2.05) is 60.7 Å². The van der Waals surface area contributed by atoms with E-state index in [0.29, 0.717) is 13.1 Å². The van der Waals surface area contributed by atoms with E-state index in [1.165, 1.54) is 24.0 Å². The van der Waals surface area contributed by atoms with Crippen LogP contribution in [0, 0.1) is 11.8 Å². The van der Waals surface area contributed by atoms with Gasteiger partial charge in [-0.3, -0.25) is 4.57 Å². The summed E-state index contributed by atoms with van der Waals surface area (Å²) in [5.74, 6) is 6.82. The highest BCUT2D eigenvalue weighted by molar-refractivity contribution is 7.57. The third-order valence-corrected chi connectivity index (χ3v) is 11.0. The minimum Gasteiger partial charge on any atom is -0.270 e. The second-order valence-electron chi connectivity index (χ2n) is 10.7. The van der Waals surface area contributed by atoms with Crippen molar-refractivity contribution in [2.24, 2.45) is 0 Å². The second kappa shape index (κ2) is 12.4. The molecule has 1 saturated heterocycles. The Morgan fingerprint density at radius 2 is 1.12 bits per heavy atom. The molecule has 0 bridgehead atoms. The summed E-state index contributed by atoms with van der Waals surface area (Å²) in [7, 11) is -3.26. The third-order valence-electron chi connectivity index (χ3n) is 8.10. The van der Waals surface area contributed by atoms with Gasteiger partial charge >= 0.3 is 0 Å². The quantitative estimate of drug-likeness (QED) is 0.190. The van der Waals surface area contributed by atoms with Crippen LogP contribution in [0.2, 0.25) is 0 Å². The Bertz CT molecular complexity index is 1420. The molecule has 1 saturated carbocycles. The van der Waals surface area contributed by atoms with Gasteiger partial charge in [0.15, 0.2) is 0 Å². The number of hydrogen-bond acceptors (Lipinski definition) is 1. The van der Waals surface area contributed by atoms with Gasteiger partial charge in [-0.25, -0.2) is 14.4 Å². The van der Waals surface area contributed by atoms with Crippen molar-refractivity contribution in [3.63, 3.8) is 0 Å². The van der Waals surface area contributed by atoms with Crippen LogP contribution in [0.15, 0.2) is 121 Å². The lowest BCUT2D eigenvalue weighted by Crippen LogP contribution is -2.39. The van der Waals surface area contributed by atoms with Crippen molar-refractivity contribution in [2.75, 3.05) is 0 Å². The minimum atomic E-state index is -3.26. The zero-order valence-electron chi connectivity index (χ0n) is 22.8. The van der Waals surface area contributed by atoms with Crippen LogP contribution >= 0.6 is 7.59 Å². The van der Waals surface area contributed by atoms with Crippen LogP contribution in [0.4, 0.5) is 0 Å². The fourth-order valence-electron chi connectivity index (χ4n) is 6.13. The fourth-order valence-corrected chi connectivity index (χ4v) is 9.33. The molecule has 2 aliphatic rings. The van der Waals surface area contributed by atoms with Gasteiger partial charge in [0, 0.05) is 30.7 Å². The average Bonchev–Trinajstić information content (AvgIpc) is 3.24. The summed E-state index contributed by atoms with van der Waals surface area (Å²) in [5, 5.41) is 3.71. The van der Waals surface area contributed by atoms with Crippen LogP contribution in [0.5, 0.6) is 0 Å². The molecule has 6 rings (SSSR count). The summed E-state index contributed by atoms with van der Waals surface area (Å²) >= 11 is 0. The highest BCUT2D eigenvalue weighted by Gasteiger charge is 2.55. The molecule has 1 N–H and O–H groups in total. The third kappa shape index (κ3) is 5.85. The lowest BCUT2D eigenvalue weighted by atomic mass is 9.90. The second-order valence-corrected chi connectivity index (χ2v) is 13.1. The summed E-state index contributed by atoms with van der Waals surface area (Å²) in [5.41, 5.74) is 4.34. The first kappa shape index (κ1) is 26.8. The zero-order valence-corrected chi connectivity index (χ0v) is 23.7. The average molecular weight is 546 g/mol. The Kier molecular flexibility index (Phi) is 8.28. The molecule has 3 atom stereocenters. The van der Waals surface area contributed by atoms with Crippen molar-refractivity contribution in [3.05, 3.63) is 144 Å². The van der Waals surface area contributed by atoms with Crippen LogP contribution in [-0.4, -0.2) is 21.4 Å². The number of fused-ring (bicyclic) bond motifs is 1. The van der Waals surface area contributed by atoms with E-state index in [4.69, 9.17) is 0 Å². The molecule has 4 nitrogen and oxygen atoms in total. The van der Waals surface area contributed by atoms with Crippen molar-refractivity contribution < 1.29 is 4.57 Å². The molecular formula is C35H36N3OP. The molecule has 4 aromatic carbocycles. The van der Waals surface area contributed by atoms with Gasteiger partial charge < -0.3 is 0 Å². The van der Waals surface area contributed by atoms with Gasteiger partial charge in [-0.2, -0.15) is 0 Å². The Hall–Kier alpha value is -3.45. The number of rotatable bonds is 7. The molecule has 1 aliphatic carbocycles. The lowest BCUT2D eigenvalue weighted by molar-refractivity contribution is 0.197. The number of benzene rings is 4. The predicted molar refractivity (Wildman–Crippen MR) is 163 cm³/mol. The summed E-state index contributed by atoms with van der Waals surface area (Å²) in [4.78, 5) is 0. The van der Waals surface area contributed by atoms with Crippen LogP contribution in [0.25, 0.3) is 0 Å². The molecule has 0 radical (unpaired) electrons. The molecule has 1 aliphatic heterocycles. The van der Waals surface area contributed by atoms with E-state index in [1.54, 1.807) is 0 Å². The SMILES string of the molecule is O=P1(N[C@H](C#Cc2ccccc2)c2ccccc2)N(Cc2ccccc2)[C@@H]2CCCC[C@H]2N1Cc1ccccc1. The maximum absolute atomic E-state index is 15.7. The molecule has 0 amide bonds. The smallest absolute Gasteiger partial charge is 0.270 e. The van der Waals surface area contributed by atoms with Gasteiger partial charge in [0.25, 0.3) is 7.59 Å². The largest absolute Gasteiger partial charge is 0.286 e. The monoisotopic (exact) mass is 545 g/mol. The zero-order chi connectivity index (χ0) is 27.2. The molecule has 0 aromatic heterocycles. The van der Waals surface area contributed by atoms with Crippen molar-refractivity contribution in [1.29, 1.82) is 0 Å². The van der Waals surface area contributed by atoms with E-state index in [9.17, 15) is 0 Å². The van der Waals surface area contributed by atoms with E-state index in [0.717, 1.165) is 24.0 Å². The van der Waals surface area contributed by atoms with Gasteiger partial charge in [-0.1, -0.05) is 134 Å². The fraction of sp³-hybridized carbons (Fsp3) is 0.257. The predicted octanol–water partition coefficient (Wildman–Crippen LogP) is 7.81. The lowest BCUT2D eigenvalue weighted by Gasteiger charge is -2.34. The first-order valence-corrected chi connectivity index (χ1v) is 15.9. The summed E-state index contributed by atoms with van der Waals surface area (Å²) in [6.45, 7) is 1.29. The Balaban J connectivity index is 1.43.